The molecular weight excluding hydrogens is 341 g/mol. The molecule has 1 aromatic rings. The summed E-state index contributed by atoms with van der Waals surface area (Å²) in [7, 11) is 0. The van der Waals surface area contributed by atoms with Crippen molar-refractivity contribution in [3.05, 3.63) is 33.8 Å². The number of hydrogen-bond acceptors (Lipinski definition) is 3. The van der Waals surface area contributed by atoms with Crippen molar-refractivity contribution in [3.63, 3.8) is 0 Å². The van der Waals surface area contributed by atoms with E-state index < -0.39 is 18.0 Å². The van der Waals surface area contributed by atoms with Gasteiger partial charge >= 0.3 is 5.97 Å². The largest absolute Gasteiger partial charge is 0.481 e. The Morgan fingerprint density at radius 1 is 1.26 bits per heavy atom. The van der Waals surface area contributed by atoms with Crippen molar-refractivity contribution in [2.45, 2.75) is 31.8 Å². The van der Waals surface area contributed by atoms with E-state index in [1.807, 2.05) is 0 Å². The average molecular weight is 360 g/mol. The molecule has 1 aliphatic heterocycles. The van der Waals surface area contributed by atoms with Gasteiger partial charge in [0.05, 0.1) is 0 Å². The first-order valence-electron chi connectivity index (χ1n) is 7.51. The first-order valence-corrected chi connectivity index (χ1v) is 8.27. The second-order valence-corrected chi connectivity index (χ2v) is 6.70. The van der Waals surface area contributed by atoms with Crippen LogP contribution >= 0.6 is 23.2 Å². The normalized spacial score (nSPS) is 19.4. The highest BCUT2D eigenvalue weighted by atomic mass is 35.5. The molecule has 1 amide bonds. The lowest BCUT2D eigenvalue weighted by atomic mass is 9.93. The highest BCUT2D eigenvalue weighted by Crippen LogP contribution is 2.27. The number of aliphatic hydroxyl groups excluding tert-OH is 1. The average Bonchev–Trinajstić information content (AvgIpc) is 2.51. The van der Waals surface area contributed by atoms with Gasteiger partial charge in [0.1, 0.15) is 0 Å². The van der Waals surface area contributed by atoms with Crippen molar-refractivity contribution in [2.24, 2.45) is 5.92 Å². The lowest BCUT2D eigenvalue weighted by Crippen LogP contribution is -2.42. The molecule has 1 fully saturated rings. The number of halogens is 2. The maximum atomic E-state index is 12.5. The fourth-order valence-corrected chi connectivity index (χ4v) is 3.42. The zero-order chi connectivity index (χ0) is 17.0. The molecule has 0 spiro atoms. The highest BCUT2D eigenvalue weighted by molar-refractivity contribution is 6.34. The number of aliphatic hydroxyl groups is 1. The summed E-state index contributed by atoms with van der Waals surface area (Å²) in [5.74, 6) is -1.08. The van der Waals surface area contributed by atoms with E-state index in [0.29, 0.717) is 35.1 Å². The summed E-state index contributed by atoms with van der Waals surface area (Å²) in [6, 6.07) is 4.57. The third-order valence-corrected chi connectivity index (χ3v) is 4.47. The van der Waals surface area contributed by atoms with Gasteiger partial charge in [-0.15, -0.1) is 0 Å². The summed E-state index contributed by atoms with van der Waals surface area (Å²) in [5, 5.41) is 19.8. The predicted molar refractivity (Wildman–Crippen MR) is 87.6 cm³/mol. The Labute approximate surface area is 144 Å². The number of nitrogens with zero attached hydrogens (tertiary/aromatic N) is 1. The van der Waals surface area contributed by atoms with Crippen molar-refractivity contribution in [2.75, 3.05) is 13.1 Å². The van der Waals surface area contributed by atoms with Gasteiger partial charge in [-0.05, 0) is 48.9 Å². The van der Waals surface area contributed by atoms with Gasteiger partial charge in [0, 0.05) is 29.6 Å². The van der Waals surface area contributed by atoms with Crippen molar-refractivity contribution in [3.8, 4) is 0 Å². The predicted octanol–water partition coefficient (Wildman–Crippen LogP) is 3.13. The lowest BCUT2D eigenvalue weighted by Gasteiger charge is -2.34. The van der Waals surface area contributed by atoms with E-state index in [9.17, 15) is 14.7 Å². The van der Waals surface area contributed by atoms with Crippen LogP contribution in [0.15, 0.2) is 18.2 Å². The summed E-state index contributed by atoms with van der Waals surface area (Å²) in [4.78, 5) is 24.7. The van der Waals surface area contributed by atoms with E-state index in [4.69, 9.17) is 28.3 Å². The molecule has 0 bridgehead atoms. The molecule has 0 saturated carbocycles. The van der Waals surface area contributed by atoms with Crippen molar-refractivity contribution in [1.29, 1.82) is 0 Å². The van der Waals surface area contributed by atoms with E-state index in [1.54, 1.807) is 4.90 Å². The number of benzene rings is 1. The molecule has 0 aromatic heterocycles. The van der Waals surface area contributed by atoms with E-state index in [0.717, 1.165) is 12.8 Å². The van der Waals surface area contributed by atoms with Crippen molar-refractivity contribution < 1.29 is 19.8 Å². The molecule has 126 valence electrons. The maximum Gasteiger partial charge on any atom is 0.303 e. The van der Waals surface area contributed by atoms with E-state index in [2.05, 4.69) is 0 Å². The summed E-state index contributed by atoms with van der Waals surface area (Å²) in [5.41, 5.74) is 0.361. The number of amides is 1. The van der Waals surface area contributed by atoms with Gasteiger partial charge in [-0.3, -0.25) is 9.59 Å². The van der Waals surface area contributed by atoms with Gasteiger partial charge in [0.2, 0.25) is 0 Å². The molecule has 2 N–H and O–H groups in total. The monoisotopic (exact) mass is 359 g/mol. The van der Waals surface area contributed by atoms with Gasteiger partial charge in [0.15, 0.2) is 6.10 Å². The van der Waals surface area contributed by atoms with Crippen LogP contribution in [-0.2, 0) is 9.59 Å². The quantitative estimate of drug-likeness (QED) is 0.846. The molecule has 2 unspecified atom stereocenters. The van der Waals surface area contributed by atoms with Gasteiger partial charge < -0.3 is 15.1 Å². The van der Waals surface area contributed by atoms with Crippen molar-refractivity contribution >= 4 is 35.1 Å². The number of hydrogen-bond donors (Lipinski definition) is 2. The summed E-state index contributed by atoms with van der Waals surface area (Å²) >= 11 is 11.8. The first-order chi connectivity index (χ1) is 10.9. The SMILES string of the molecule is O=C(O)CCC1CCCN(C(=O)C(O)c2cc(Cl)cc(Cl)c2)C1. The minimum Gasteiger partial charge on any atom is -0.481 e. The Morgan fingerprint density at radius 3 is 2.52 bits per heavy atom. The zero-order valence-electron chi connectivity index (χ0n) is 12.5. The van der Waals surface area contributed by atoms with Crippen LogP contribution < -0.4 is 0 Å². The van der Waals surface area contributed by atoms with E-state index in [-0.39, 0.29) is 12.3 Å². The Bertz CT molecular complexity index is 573. The van der Waals surface area contributed by atoms with E-state index >= 15 is 0 Å². The van der Waals surface area contributed by atoms with Gasteiger partial charge in [-0.2, -0.15) is 0 Å². The number of aliphatic carboxylic acids is 1. The molecule has 2 atom stereocenters. The van der Waals surface area contributed by atoms with E-state index in [1.165, 1.54) is 18.2 Å². The fraction of sp³-hybridized carbons (Fsp3) is 0.500. The molecule has 0 radical (unpaired) electrons. The van der Waals surface area contributed by atoms with Crippen LogP contribution in [0.1, 0.15) is 37.4 Å². The Balaban J connectivity index is 2.02. The highest BCUT2D eigenvalue weighted by Gasteiger charge is 2.29. The second-order valence-electron chi connectivity index (χ2n) is 5.83. The first kappa shape index (κ1) is 18.0. The number of carbonyl (C=O) groups is 2. The van der Waals surface area contributed by atoms with Crippen LogP contribution in [0.2, 0.25) is 10.0 Å². The van der Waals surface area contributed by atoms with Gasteiger partial charge in [-0.1, -0.05) is 23.2 Å². The smallest absolute Gasteiger partial charge is 0.303 e. The summed E-state index contributed by atoms with van der Waals surface area (Å²) in [6.07, 6.45) is 1.02. The third-order valence-electron chi connectivity index (χ3n) is 4.03. The number of rotatable bonds is 5. The van der Waals surface area contributed by atoms with Crippen LogP contribution in [0.25, 0.3) is 0 Å². The molecule has 23 heavy (non-hydrogen) atoms. The number of piperidine rings is 1. The number of carbonyl (C=O) groups excluding carboxylic acids is 1. The van der Waals surface area contributed by atoms with Gasteiger partial charge in [0.25, 0.3) is 5.91 Å². The lowest BCUT2D eigenvalue weighted by molar-refractivity contribution is -0.142. The second kappa shape index (κ2) is 7.99. The molecule has 1 heterocycles. The molecule has 7 heteroatoms. The van der Waals surface area contributed by atoms with Crippen LogP contribution in [0.4, 0.5) is 0 Å². The molecule has 5 nitrogen and oxygen atoms in total. The van der Waals surface area contributed by atoms with Crippen molar-refractivity contribution in [1.82, 2.24) is 4.90 Å². The van der Waals surface area contributed by atoms with Crippen LogP contribution in [0, 0.1) is 5.92 Å². The number of carboxylic acid groups (broad SMARTS) is 1. The Hall–Kier alpha value is -1.30. The topological polar surface area (TPSA) is 77.8 Å². The standard InChI is InChI=1S/C16H19Cl2NO4/c17-12-6-11(7-13(18)8-12)15(22)16(23)19-5-1-2-10(9-19)3-4-14(20)21/h6-8,10,15,22H,1-5,9H2,(H,20,21). The van der Waals surface area contributed by atoms with Crippen LogP contribution in [-0.4, -0.2) is 40.1 Å². The van der Waals surface area contributed by atoms with Crippen LogP contribution in [0.5, 0.6) is 0 Å². The molecular formula is C16H19Cl2NO4. The summed E-state index contributed by atoms with van der Waals surface area (Å²) in [6.45, 7) is 1.03. The summed E-state index contributed by atoms with van der Waals surface area (Å²) < 4.78 is 0. The molecule has 2 rings (SSSR count). The number of likely N-dealkylation sites (tertiary alicyclic amines) is 1. The molecule has 0 aliphatic carbocycles. The number of carboxylic acids is 1. The Morgan fingerprint density at radius 2 is 1.91 bits per heavy atom. The maximum absolute atomic E-state index is 12.5. The minimum atomic E-state index is -1.32. The fourth-order valence-electron chi connectivity index (χ4n) is 2.88. The molecule has 1 aromatic carbocycles. The van der Waals surface area contributed by atoms with Crippen LogP contribution in [0.3, 0.4) is 0 Å². The molecule has 1 aliphatic rings. The minimum absolute atomic E-state index is 0.0964. The zero-order valence-corrected chi connectivity index (χ0v) is 14.1. The Kier molecular flexibility index (Phi) is 6.27. The van der Waals surface area contributed by atoms with Gasteiger partial charge in [-0.25, -0.2) is 0 Å². The molecule has 1 saturated heterocycles. The third kappa shape index (κ3) is 5.09.